The molecule has 3 aromatic carbocycles. The Balaban J connectivity index is 1.43. The Kier molecular flexibility index (Phi) is 7.31. The molecule has 5 rings (SSSR count). The van der Waals surface area contributed by atoms with Crippen LogP contribution in [0.1, 0.15) is 11.1 Å². The van der Waals surface area contributed by atoms with Gasteiger partial charge in [0.1, 0.15) is 5.75 Å². The molecule has 2 aliphatic heterocycles. The molecule has 0 aromatic heterocycles. The largest absolute Gasteiger partial charge is 0.573 e. The van der Waals surface area contributed by atoms with Crippen LogP contribution in [0.3, 0.4) is 0 Å². The van der Waals surface area contributed by atoms with E-state index in [0.29, 0.717) is 5.02 Å². The van der Waals surface area contributed by atoms with Gasteiger partial charge in [0.05, 0.1) is 36.3 Å². The molecule has 1 fully saturated rings. The number of aliphatic hydroxyl groups excluding tert-OH is 1. The highest BCUT2D eigenvalue weighted by molar-refractivity contribution is 7.89. The number of nitrogens with zero attached hydrogens (tertiary/aromatic N) is 1. The highest BCUT2D eigenvalue weighted by Gasteiger charge is 2.41. The molecule has 0 saturated carbocycles. The third-order valence-electron chi connectivity index (χ3n) is 6.62. The smallest absolute Gasteiger partial charge is 0.406 e. The Bertz CT molecular complexity index is 1420. The number of anilines is 2. The van der Waals surface area contributed by atoms with Crippen molar-refractivity contribution < 1.29 is 36.2 Å². The summed E-state index contributed by atoms with van der Waals surface area (Å²) in [5.41, 5.74) is 3.77. The minimum Gasteiger partial charge on any atom is -0.406 e. The second-order valence-electron chi connectivity index (χ2n) is 9.11. The first kappa shape index (κ1) is 26.8. The van der Waals surface area contributed by atoms with Crippen LogP contribution in [0.4, 0.5) is 24.5 Å². The molecule has 0 bridgehead atoms. The van der Waals surface area contributed by atoms with Crippen molar-refractivity contribution in [3.8, 4) is 5.75 Å². The SMILES string of the molecule is O=S(=O)(N[C@@H]1COC[C@H](N2c3ccccc3CCc3ccc(Cl)cc32)[C@H]1O)c1ccc(OC(F)(F)F)cc1. The molecule has 202 valence electrons. The summed E-state index contributed by atoms with van der Waals surface area (Å²) in [6.07, 6.45) is -4.56. The van der Waals surface area contributed by atoms with E-state index in [9.17, 15) is 26.7 Å². The number of benzene rings is 3. The van der Waals surface area contributed by atoms with Gasteiger partial charge in [-0.15, -0.1) is 13.2 Å². The number of aliphatic hydroxyl groups is 1. The highest BCUT2D eigenvalue weighted by Crippen LogP contribution is 2.40. The number of aryl methyl sites for hydroxylation is 2. The first-order valence-corrected chi connectivity index (χ1v) is 13.7. The number of sulfonamides is 1. The number of nitrogens with one attached hydrogen (secondary N) is 1. The lowest BCUT2D eigenvalue weighted by molar-refractivity contribution is -0.274. The summed E-state index contributed by atoms with van der Waals surface area (Å²) in [5.74, 6) is -0.547. The number of ether oxygens (including phenoxy) is 2. The van der Waals surface area contributed by atoms with Crippen LogP contribution in [-0.4, -0.2) is 51.3 Å². The van der Waals surface area contributed by atoms with Crippen molar-refractivity contribution in [1.82, 2.24) is 4.72 Å². The van der Waals surface area contributed by atoms with Gasteiger partial charge in [0.15, 0.2) is 0 Å². The van der Waals surface area contributed by atoms with E-state index in [0.717, 1.165) is 59.6 Å². The zero-order chi connectivity index (χ0) is 27.1. The average molecular weight is 569 g/mol. The summed E-state index contributed by atoms with van der Waals surface area (Å²) >= 11 is 6.34. The van der Waals surface area contributed by atoms with Crippen LogP contribution < -0.4 is 14.4 Å². The number of alkyl halides is 3. The second kappa shape index (κ2) is 10.4. The second-order valence-corrected chi connectivity index (χ2v) is 11.3. The van der Waals surface area contributed by atoms with Crippen LogP contribution in [0.5, 0.6) is 5.75 Å². The zero-order valence-corrected chi connectivity index (χ0v) is 21.4. The van der Waals surface area contributed by atoms with Crippen LogP contribution in [0, 0.1) is 0 Å². The molecular weight excluding hydrogens is 545 g/mol. The number of rotatable bonds is 5. The summed E-state index contributed by atoms with van der Waals surface area (Å²) in [4.78, 5) is 1.68. The van der Waals surface area contributed by atoms with E-state index >= 15 is 0 Å². The van der Waals surface area contributed by atoms with E-state index in [1.807, 2.05) is 47.4 Å². The summed E-state index contributed by atoms with van der Waals surface area (Å²) in [6.45, 7) is 0.0349. The first-order chi connectivity index (χ1) is 18.0. The van der Waals surface area contributed by atoms with Gasteiger partial charge >= 0.3 is 6.36 Å². The Labute approximate surface area is 222 Å². The zero-order valence-electron chi connectivity index (χ0n) is 19.9. The number of halogens is 4. The van der Waals surface area contributed by atoms with Crippen LogP contribution >= 0.6 is 11.6 Å². The molecule has 0 amide bonds. The lowest BCUT2D eigenvalue weighted by Gasteiger charge is -2.43. The predicted molar refractivity (Wildman–Crippen MR) is 135 cm³/mol. The molecule has 3 atom stereocenters. The summed E-state index contributed by atoms with van der Waals surface area (Å²) in [7, 11) is -4.21. The van der Waals surface area contributed by atoms with Gasteiger partial charge in [-0.3, -0.25) is 0 Å². The van der Waals surface area contributed by atoms with Crippen molar-refractivity contribution in [3.05, 3.63) is 82.9 Å². The Hall–Kier alpha value is -2.83. The number of para-hydroxylation sites is 1. The van der Waals surface area contributed by atoms with Gasteiger partial charge in [-0.25, -0.2) is 13.1 Å². The molecule has 2 N–H and O–H groups in total. The van der Waals surface area contributed by atoms with E-state index in [1.165, 1.54) is 0 Å². The fraction of sp³-hybridized carbons (Fsp3) is 0.308. The van der Waals surface area contributed by atoms with E-state index in [1.54, 1.807) is 0 Å². The fourth-order valence-electron chi connectivity index (χ4n) is 4.89. The molecule has 0 unspecified atom stereocenters. The standard InChI is InChI=1S/C26H24ClF3N2O5S/c27-18-8-7-17-6-5-16-3-1-2-4-22(16)32(23(17)13-18)24-15-36-14-21(25(24)33)31-38(34,35)20-11-9-19(10-12-20)37-26(28,29)30/h1-4,7-13,21,24-25,31,33H,5-6,14-15H2/t21-,24+,25+/m1/s1. The summed E-state index contributed by atoms with van der Waals surface area (Å²) in [5, 5.41) is 12.0. The lowest BCUT2D eigenvalue weighted by Crippen LogP contribution is -2.60. The van der Waals surface area contributed by atoms with Crippen molar-refractivity contribution >= 4 is 33.0 Å². The summed E-state index contributed by atoms with van der Waals surface area (Å²) in [6, 6.07) is 15.5. The van der Waals surface area contributed by atoms with Crippen molar-refractivity contribution in [2.24, 2.45) is 0 Å². The van der Waals surface area contributed by atoms with Crippen molar-refractivity contribution in [2.45, 2.75) is 42.3 Å². The van der Waals surface area contributed by atoms with Gasteiger partial charge in [0.2, 0.25) is 10.0 Å². The van der Waals surface area contributed by atoms with Gasteiger partial charge < -0.3 is 19.5 Å². The minimum atomic E-state index is -4.90. The predicted octanol–water partition coefficient (Wildman–Crippen LogP) is 4.58. The third kappa shape index (κ3) is 5.62. The Morgan fingerprint density at radius 3 is 2.37 bits per heavy atom. The van der Waals surface area contributed by atoms with Gasteiger partial charge in [-0.2, -0.15) is 0 Å². The quantitative estimate of drug-likeness (QED) is 0.468. The van der Waals surface area contributed by atoms with Gasteiger partial charge in [-0.1, -0.05) is 35.9 Å². The van der Waals surface area contributed by atoms with Crippen LogP contribution in [0.2, 0.25) is 5.02 Å². The molecular formula is C26H24ClF3N2O5S. The Morgan fingerprint density at radius 2 is 1.66 bits per heavy atom. The third-order valence-corrected chi connectivity index (χ3v) is 8.36. The number of fused-ring (bicyclic) bond motifs is 2. The molecule has 2 heterocycles. The Morgan fingerprint density at radius 1 is 0.974 bits per heavy atom. The van der Waals surface area contributed by atoms with E-state index in [-0.39, 0.29) is 18.1 Å². The lowest BCUT2D eigenvalue weighted by atomic mass is 9.98. The van der Waals surface area contributed by atoms with E-state index < -0.39 is 40.3 Å². The van der Waals surface area contributed by atoms with Crippen LogP contribution in [0.25, 0.3) is 0 Å². The molecule has 0 spiro atoms. The highest BCUT2D eigenvalue weighted by atomic mass is 35.5. The normalized spacial score (nSPS) is 21.8. The number of hydrogen-bond acceptors (Lipinski definition) is 6. The fourth-order valence-corrected chi connectivity index (χ4v) is 6.29. The number of hydrogen-bond donors (Lipinski definition) is 2. The van der Waals surface area contributed by atoms with Gasteiger partial charge in [-0.05, 0) is 66.4 Å². The maximum absolute atomic E-state index is 13.0. The van der Waals surface area contributed by atoms with Crippen molar-refractivity contribution in [3.63, 3.8) is 0 Å². The van der Waals surface area contributed by atoms with Gasteiger partial charge in [0, 0.05) is 16.4 Å². The molecule has 2 aliphatic rings. The maximum atomic E-state index is 13.0. The minimum absolute atomic E-state index is 0.0932. The van der Waals surface area contributed by atoms with E-state index in [2.05, 4.69) is 9.46 Å². The van der Waals surface area contributed by atoms with Gasteiger partial charge in [0.25, 0.3) is 0 Å². The molecule has 3 aromatic rings. The molecule has 0 radical (unpaired) electrons. The average Bonchev–Trinajstić information content (AvgIpc) is 3.01. The summed E-state index contributed by atoms with van der Waals surface area (Å²) < 4.78 is 75.5. The maximum Gasteiger partial charge on any atom is 0.573 e. The van der Waals surface area contributed by atoms with Crippen molar-refractivity contribution in [1.29, 1.82) is 0 Å². The van der Waals surface area contributed by atoms with E-state index in [4.69, 9.17) is 16.3 Å². The molecule has 1 saturated heterocycles. The molecule has 38 heavy (non-hydrogen) atoms. The monoisotopic (exact) mass is 568 g/mol. The molecule has 12 heteroatoms. The van der Waals surface area contributed by atoms with Crippen LogP contribution in [0.15, 0.2) is 71.6 Å². The van der Waals surface area contributed by atoms with Crippen LogP contribution in [-0.2, 0) is 27.6 Å². The topological polar surface area (TPSA) is 88.1 Å². The first-order valence-electron chi connectivity index (χ1n) is 11.8. The van der Waals surface area contributed by atoms with Crippen molar-refractivity contribution in [2.75, 3.05) is 18.1 Å². The molecule has 0 aliphatic carbocycles. The molecule has 7 nitrogen and oxygen atoms in total.